The van der Waals surface area contributed by atoms with Crippen molar-refractivity contribution < 1.29 is 4.74 Å². The highest BCUT2D eigenvalue weighted by atomic mass is 32.2. The highest BCUT2D eigenvalue weighted by Gasteiger charge is 2.44. The lowest BCUT2D eigenvalue weighted by molar-refractivity contribution is 0.340. The molecule has 3 N–H and O–H groups in total. The maximum atomic E-state index is 6.31. The zero-order valence-electron chi connectivity index (χ0n) is 15.9. The lowest BCUT2D eigenvalue weighted by Gasteiger charge is -2.25. The van der Waals surface area contributed by atoms with Crippen LogP contribution in [0, 0.1) is 11.3 Å². The Labute approximate surface area is 168 Å². The molecule has 7 nitrogen and oxygen atoms in total. The van der Waals surface area contributed by atoms with E-state index in [-0.39, 0.29) is 0 Å². The summed E-state index contributed by atoms with van der Waals surface area (Å²) in [5, 5.41) is 16.8. The van der Waals surface area contributed by atoms with E-state index in [0.29, 0.717) is 11.2 Å². The molecule has 2 aliphatic rings. The van der Waals surface area contributed by atoms with E-state index in [9.17, 15) is 0 Å². The molecule has 0 saturated heterocycles. The van der Waals surface area contributed by atoms with Crippen molar-refractivity contribution in [3.8, 4) is 28.5 Å². The highest BCUT2D eigenvalue weighted by Crippen LogP contribution is 2.55. The molecule has 3 aromatic rings. The minimum atomic E-state index is 0.497. The van der Waals surface area contributed by atoms with Crippen LogP contribution in [-0.2, 0) is 0 Å². The molecule has 5 rings (SSSR count). The van der Waals surface area contributed by atoms with Crippen LogP contribution in [0.3, 0.4) is 0 Å². The van der Waals surface area contributed by atoms with Crippen molar-refractivity contribution in [2.24, 2.45) is 11.3 Å². The molecule has 1 aromatic carbocycles. The van der Waals surface area contributed by atoms with Gasteiger partial charge in [0.15, 0.2) is 0 Å². The van der Waals surface area contributed by atoms with Crippen molar-refractivity contribution >= 4 is 11.8 Å². The molecule has 146 valence electrons. The number of nitrogen functional groups attached to an aromatic ring is 1. The second kappa shape index (κ2) is 6.84. The van der Waals surface area contributed by atoms with Gasteiger partial charge in [-0.05, 0) is 73.8 Å². The Kier molecular flexibility index (Phi) is 4.30. The van der Waals surface area contributed by atoms with Gasteiger partial charge in [-0.3, -0.25) is 5.10 Å². The van der Waals surface area contributed by atoms with Gasteiger partial charge in [-0.15, -0.1) is 10.2 Å². The van der Waals surface area contributed by atoms with Gasteiger partial charge in [0.25, 0.3) is 0 Å². The van der Waals surface area contributed by atoms with Crippen LogP contribution in [0.1, 0.15) is 32.1 Å². The zero-order chi connectivity index (χ0) is 19.1. The monoisotopic (exact) mass is 396 g/mol. The third-order valence-corrected chi connectivity index (χ3v) is 7.56. The largest absolute Gasteiger partial charge is 0.497 e. The van der Waals surface area contributed by atoms with E-state index in [1.807, 2.05) is 30.3 Å². The Balaban J connectivity index is 1.32. The van der Waals surface area contributed by atoms with E-state index in [0.717, 1.165) is 39.5 Å². The number of ether oxygens (including phenoxy) is 1. The van der Waals surface area contributed by atoms with Gasteiger partial charge in [0.05, 0.1) is 12.8 Å². The number of aromatic amines is 1. The smallest absolute Gasteiger partial charge is 0.210 e. The molecule has 0 aliphatic heterocycles. The first-order chi connectivity index (χ1) is 13.7. The van der Waals surface area contributed by atoms with Crippen LogP contribution in [0.15, 0.2) is 35.5 Å². The third-order valence-electron chi connectivity index (χ3n) is 6.26. The summed E-state index contributed by atoms with van der Waals surface area (Å²) in [6.45, 7) is 0. The number of aromatic nitrogens is 5. The molecular formula is C20H24N6OS. The van der Waals surface area contributed by atoms with Crippen molar-refractivity contribution in [1.29, 1.82) is 0 Å². The first-order valence-electron chi connectivity index (χ1n) is 9.69. The molecule has 0 amide bonds. The van der Waals surface area contributed by atoms with E-state index in [1.165, 1.54) is 32.1 Å². The molecule has 28 heavy (non-hydrogen) atoms. The van der Waals surface area contributed by atoms with Gasteiger partial charge in [0.1, 0.15) is 11.4 Å². The number of fused-ring (bicyclic) bond motifs is 2. The van der Waals surface area contributed by atoms with Crippen LogP contribution in [0.25, 0.3) is 22.8 Å². The quantitative estimate of drug-likeness (QED) is 0.487. The molecule has 2 aliphatic carbocycles. The Morgan fingerprint density at radius 3 is 2.71 bits per heavy atom. The summed E-state index contributed by atoms with van der Waals surface area (Å²) < 4.78 is 6.78. The van der Waals surface area contributed by atoms with E-state index in [4.69, 9.17) is 10.6 Å². The second-order valence-corrected chi connectivity index (χ2v) is 8.95. The fraction of sp³-hybridized carbons (Fsp3) is 0.450. The molecule has 2 bridgehead atoms. The molecule has 0 atom stereocenters. The van der Waals surface area contributed by atoms with Gasteiger partial charge in [-0.25, -0.2) is 4.68 Å². The van der Waals surface area contributed by atoms with Crippen LogP contribution in [0.5, 0.6) is 5.75 Å². The molecule has 8 heteroatoms. The number of methoxy groups -OCH3 is 1. The third kappa shape index (κ3) is 3.05. The van der Waals surface area contributed by atoms with Crippen LogP contribution < -0.4 is 10.6 Å². The highest BCUT2D eigenvalue weighted by molar-refractivity contribution is 7.99. The standard InChI is InChI=1S/C20H24N6OS/c1-27-15-4-2-14(3-5-15)16-10-17(23-22-16)18-24-25-19(26(18)21)28-12-20-8-6-13(11-20)7-9-20/h2-5,10,13H,6-9,11-12,21H2,1H3,(H,22,23). The second-order valence-electron chi connectivity index (χ2n) is 8.01. The average molecular weight is 397 g/mol. The molecular weight excluding hydrogens is 372 g/mol. The Bertz CT molecular complexity index is 971. The van der Waals surface area contributed by atoms with Crippen LogP contribution in [-0.4, -0.2) is 37.9 Å². The number of rotatable bonds is 6. The first-order valence-corrected chi connectivity index (χ1v) is 10.7. The first kappa shape index (κ1) is 17.6. The van der Waals surface area contributed by atoms with Crippen molar-refractivity contribution in [2.75, 3.05) is 18.7 Å². The predicted octanol–water partition coefficient (Wildman–Crippen LogP) is 3.73. The summed E-state index contributed by atoms with van der Waals surface area (Å²) >= 11 is 1.73. The number of benzene rings is 1. The number of nitrogens with two attached hydrogens (primary N) is 1. The summed E-state index contributed by atoms with van der Waals surface area (Å²) in [5.41, 5.74) is 3.08. The summed E-state index contributed by atoms with van der Waals surface area (Å²) in [7, 11) is 1.66. The molecule has 0 radical (unpaired) electrons. The Morgan fingerprint density at radius 1 is 1.25 bits per heavy atom. The van der Waals surface area contributed by atoms with Crippen molar-refractivity contribution in [1.82, 2.24) is 25.1 Å². The van der Waals surface area contributed by atoms with E-state index in [2.05, 4.69) is 20.4 Å². The lowest BCUT2D eigenvalue weighted by atomic mass is 9.87. The average Bonchev–Trinajstić information content (AvgIpc) is 3.51. The normalized spacial score (nSPS) is 23.4. The summed E-state index contributed by atoms with van der Waals surface area (Å²) in [4.78, 5) is 0. The van der Waals surface area contributed by atoms with Gasteiger partial charge in [0.2, 0.25) is 11.0 Å². The maximum absolute atomic E-state index is 6.31. The van der Waals surface area contributed by atoms with E-state index in [1.54, 1.807) is 23.5 Å². The summed E-state index contributed by atoms with van der Waals surface area (Å²) in [6.07, 6.45) is 6.86. The Morgan fingerprint density at radius 2 is 2.04 bits per heavy atom. The Hall–Kier alpha value is -2.48. The fourth-order valence-electron chi connectivity index (χ4n) is 4.64. The number of hydrogen-bond acceptors (Lipinski definition) is 6. The number of nitrogens with one attached hydrogen (secondary N) is 1. The summed E-state index contributed by atoms with van der Waals surface area (Å²) in [5.74, 6) is 9.76. The molecule has 2 saturated carbocycles. The van der Waals surface area contributed by atoms with Crippen LogP contribution >= 0.6 is 11.8 Å². The minimum absolute atomic E-state index is 0.497. The van der Waals surface area contributed by atoms with Crippen LogP contribution in [0.2, 0.25) is 0 Å². The van der Waals surface area contributed by atoms with E-state index < -0.39 is 0 Å². The molecule has 2 aromatic heterocycles. The number of nitrogens with zero attached hydrogens (tertiary/aromatic N) is 4. The van der Waals surface area contributed by atoms with Crippen molar-refractivity contribution in [2.45, 2.75) is 37.3 Å². The van der Waals surface area contributed by atoms with Gasteiger partial charge in [-0.2, -0.15) is 5.10 Å². The predicted molar refractivity (Wildman–Crippen MR) is 109 cm³/mol. The number of H-pyrrole nitrogens is 1. The summed E-state index contributed by atoms with van der Waals surface area (Å²) in [6, 6.07) is 9.73. The SMILES string of the molecule is COc1ccc(-c2cc(-c3nnc(SCC45CCC(CC4)C5)n3N)[nH]n2)cc1. The molecule has 2 fully saturated rings. The molecule has 2 heterocycles. The zero-order valence-corrected chi connectivity index (χ0v) is 16.7. The van der Waals surface area contributed by atoms with Crippen LogP contribution in [0.4, 0.5) is 0 Å². The molecule has 0 spiro atoms. The van der Waals surface area contributed by atoms with Crippen molar-refractivity contribution in [3.63, 3.8) is 0 Å². The fourth-order valence-corrected chi connectivity index (χ4v) is 5.80. The minimum Gasteiger partial charge on any atom is -0.497 e. The maximum Gasteiger partial charge on any atom is 0.210 e. The van der Waals surface area contributed by atoms with Gasteiger partial charge in [0, 0.05) is 11.3 Å². The van der Waals surface area contributed by atoms with Gasteiger partial charge >= 0.3 is 0 Å². The number of thioether (sulfide) groups is 1. The van der Waals surface area contributed by atoms with Gasteiger partial charge < -0.3 is 10.6 Å². The molecule has 0 unspecified atom stereocenters. The van der Waals surface area contributed by atoms with E-state index >= 15 is 0 Å². The number of hydrogen-bond donors (Lipinski definition) is 2. The van der Waals surface area contributed by atoms with Gasteiger partial charge in [-0.1, -0.05) is 11.8 Å². The topological polar surface area (TPSA) is 94.6 Å². The lowest BCUT2D eigenvalue weighted by Crippen LogP contribution is -2.18. The van der Waals surface area contributed by atoms with Crippen molar-refractivity contribution in [3.05, 3.63) is 30.3 Å².